The minimum Gasteiger partial charge on any atom is -0.457 e. The Labute approximate surface area is 157 Å². The standard InChI is InChI=1S/C23H30N2O/c1-3-4-5-6-7-8-9-10-19-11-13-20(14-12-19)26-21-15-16-22-23(17-21)25(2)18-24-22/h11-18H,3-10H2,1-2H3. The molecular weight excluding hydrogens is 320 g/mol. The number of benzene rings is 2. The summed E-state index contributed by atoms with van der Waals surface area (Å²) in [5, 5.41) is 0. The summed E-state index contributed by atoms with van der Waals surface area (Å²) < 4.78 is 8.01. The van der Waals surface area contributed by atoms with Crippen LogP contribution in [0.25, 0.3) is 11.0 Å². The fourth-order valence-electron chi connectivity index (χ4n) is 3.32. The molecule has 138 valence electrons. The molecule has 3 heteroatoms. The van der Waals surface area contributed by atoms with Crippen LogP contribution in [-0.2, 0) is 13.5 Å². The Bertz CT molecular complexity index is 805. The molecule has 0 N–H and O–H groups in total. The zero-order valence-electron chi connectivity index (χ0n) is 16.1. The number of hydrogen-bond acceptors (Lipinski definition) is 2. The van der Waals surface area contributed by atoms with Crippen molar-refractivity contribution in [2.24, 2.45) is 7.05 Å². The highest BCUT2D eigenvalue weighted by Gasteiger charge is 2.03. The van der Waals surface area contributed by atoms with Gasteiger partial charge >= 0.3 is 0 Å². The van der Waals surface area contributed by atoms with Crippen LogP contribution in [0.2, 0.25) is 0 Å². The van der Waals surface area contributed by atoms with Crippen LogP contribution in [0.4, 0.5) is 0 Å². The van der Waals surface area contributed by atoms with Crippen LogP contribution in [-0.4, -0.2) is 9.55 Å². The van der Waals surface area contributed by atoms with E-state index in [0.29, 0.717) is 0 Å². The number of unbranched alkanes of at least 4 members (excludes halogenated alkanes) is 6. The molecule has 3 aromatic rings. The molecule has 0 aliphatic heterocycles. The second-order valence-electron chi connectivity index (χ2n) is 7.12. The first-order chi connectivity index (χ1) is 12.8. The Hall–Kier alpha value is -2.29. The average molecular weight is 351 g/mol. The summed E-state index contributed by atoms with van der Waals surface area (Å²) >= 11 is 0. The van der Waals surface area contributed by atoms with Gasteiger partial charge in [0.15, 0.2) is 0 Å². The zero-order valence-corrected chi connectivity index (χ0v) is 16.1. The number of aryl methyl sites for hydroxylation is 2. The van der Waals surface area contributed by atoms with E-state index in [1.54, 1.807) is 0 Å². The molecule has 1 aromatic heterocycles. The lowest BCUT2D eigenvalue weighted by Crippen LogP contribution is -1.89. The Balaban J connectivity index is 1.47. The van der Waals surface area contributed by atoms with Gasteiger partial charge in [0.05, 0.1) is 17.4 Å². The van der Waals surface area contributed by atoms with Gasteiger partial charge in [0.1, 0.15) is 11.5 Å². The van der Waals surface area contributed by atoms with Crippen LogP contribution in [0.3, 0.4) is 0 Å². The van der Waals surface area contributed by atoms with E-state index in [0.717, 1.165) is 29.0 Å². The summed E-state index contributed by atoms with van der Waals surface area (Å²) in [5.74, 6) is 1.73. The van der Waals surface area contributed by atoms with Gasteiger partial charge in [-0.25, -0.2) is 4.98 Å². The maximum absolute atomic E-state index is 6.01. The van der Waals surface area contributed by atoms with E-state index in [9.17, 15) is 0 Å². The van der Waals surface area contributed by atoms with E-state index in [-0.39, 0.29) is 0 Å². The first kappa shape index (κ1) is 18.5. The molecule has 0 aliphatic carbocycles. The molecule has 0 saturated carbocycles. The SMILES string of the molecule is CCCCCCCCCc1ccc(Oc2ccc3ncn(C)c3c2)cc1. The van der Waals surface area contributed by atoms with Crippen molar-refractivity contribution in [1.82, 2.24) is 9.55 Å². The molecule has 2 aromatic carbocycles. The van der Waals surface area contributed by atoms with Crippen molar-refractivity contribution in [3.8, 4) is 11.5 Å². The topological polar surface area (TPSA) is 27.1 Å². The van der Waals surface area contributed by atoms with Crippen molar-refractivity contribution < 1.29 is 4.74 Å². The third-order valence-corrected chi connectivity index (χ3v) is 4.92. The molecule has 0 radical (unpaired) electrons. The second kappa shape index (κ2) is 9.42. The minimum absolute atomic E-state index is 0.848. The molecular formula is C23H30N2O. The third kappa shape index (κ3) is 5.10. The van der Waals surface area contributed by atoms with Gasteiger partial charge in [-0.15, -0.1) is 0 Å². The smallest absolute Gasteiger partial charge is 0.129 e. The summed E-state index contributed by atoms with van der Waals surface area (Å²) in [7, 11) is 2.00. The van der Waals surface area contributed by atoms with E-state index < -0.39 is 0 Å². The monoisotopic (exact) mass is 350 g/mol. The lowest BCUT2D eigenvalue weighted by atomic mass is 10.0. The van der Waals surface area contributed by atoms with Crippen molar-refractivity contribution in [3.63, 3.8) is 0 Å². The quantitative estimate of drug-likeness (QED) is 0.382. The minimum atomic E-state index is 0.848. The van der Waals surface area contributed by atoms with Gasteiger partial charge in [-0.05, 0) is 42.7 Å². The summed E-state index contributed by atoms with van der Waals surface area (Å²) in [6.07, 6.45) is 12.5. The van der Waals surface area contributed by atoms with Crippen molar-refractivity contribution in [2.45, 2.75) is 58.3 Å². The molecule has 26 heavy (non-hydrogen) atoms. The number of rotatable bonds is 10. The van der Waals surface area contributed by atoms with Crippen molar-refractivity contribution >= 4 is 11.0 Å². The van der Waals surface area contributed by atoms with Gasteiger partial charge in [-0.2, -0.15) is 0 Å². The van der Waals surface area contributed by atoms with Gasteiger partial charge in [-0.1, -0.05) is 57.6 Å². The largest absolute Gasteiger partial charge is 0.457 e. The first-order valence-electron chi connectivity index (χ1n) is 9.94. The van der Waals surface area contributed by atoms with Crippen molar-refractivity contribution in [2.75, 3.05) is 0 Å². The Kier molecular flexibility index (Phi) is 6.70. The van der Waals surface area contributed by atoms with Gasteiger partial charge in [0, 0.05) is 13.1 Å². The Morgan fingerprint density at radius 3 is 2.31 bits per heavy atom. The Morgan fingerprint density at radius 1 is 0.846 bits per heavy atom. The summed E-state index contributed by atoms with van der Waals surface area (Å²) in [4.78, 5) is 4.34. The maximum Gasteiger partial charge on any atom is 0.129 e. The molecule has 3 rings (SSSR count). The van der Waals surface area contributed by atoms with Crippen molar-refractivity contribution in [1.29, 1.82) is 0 Å². The van der Waals surface area contributed by atoms with Crippen LogP contribution in [0.15, 0.2) is 48.8 Å². The normalized spacial score (nSPS) is 11.2. The summed E-state index contributed by atoms with van der Waals surface area (Å²) in [5.41, 5.74) is 3.47. The van der Waals surface area contributed by atoms with Crippen LogP contribution in [0.1, 0.15) is 57.4 Å². The number of nitrogens with zero attached hydrogens (tertiary/aromatic N) is 2. The molecule has 0 atom stereocenters. The highest BCUT2D eigenvalue weighted by Crippen LogP contribution is 2.25. The molecule has 0 saturated heterocycles. The van der Waals surface area contributed by atoms with E-state index in [1.807, 2.05) is 36.1 Å². The van der Waals surface area contributed by atoms with E-state index >= 15 is 0 Å². The lowest BCUT2D eigenvalue weighted by Gasteiger charge is -2.08. The Morgan fingerprint density at radius 2 is 1.54 bits per heavy atom. The predicted molar refractivity (Wildman–Crippen MR) is 109 cm³/mol. The van der Waals surface area contributed by atoms with Crippen LogP contribution in [0, 0.1) is 0 Å². The van der Waals surface area contributed by atoms with Gasteiger partial charge in [0.25, 0.3) is 0 Å². The van der Waals surface area contributed by atoms with Crippen molar-refractivity contribution in [3.05, 3.63) is 54.4 Å². The van der Waals surface area contributed by atoms with E-state index in [2.05, 4.69) is 36.2 Å². The second-order valence-corrected chi connectivity index (χ2v) is 7.12. The fourth-order valence-corrected chi connectivity index (χ4v) is 3.32. The number of aromatic nitrogens is 2. The molecule has 1 heterocycles. The molecule has 0 spiro atoms. The van der Waals surface area contributed by atoms with Crippen LogP contribution >= 0.6 is 0 Å². The summed E-state index contributed by atoms with van der Waals surface area (Å²) in [6.45, 7) is 2.27. The number of hydrogen-bond donors (Lipinski definition) is 0. The fraction of sp³-hybridized carbons (Fsp3) is 0.435. The first-order valence-corrected chi connectivity index (χ1v) is 9.94. The van der Waals surface area contributed by atoms with Gasteiger partial charge in [0.2, 0.25) is 0 Å². The van der Waals surface area contributed by atoms with Crippen LogP contribution in [0.5, 0.6) is 11.5 Å². The molecule has 0 unspecified atom stereocenters. The third-order valence-electron chi connectivity index (χ3n) is 4.92. The zero-order chi connectivity index (χ0) is 18.2. The highest BCUT2D eigenvalue weighted by atomic mass is 16.5. The average Bonchev–Trinajstić information content (AvgIpc) is 3.03. The van der Waals surface area contributed by atoms with E-state index in [4.69, 9.17) is 4.74 Å². The predicted octanol–water partition coefficient (Wildman–Crippen LogP) is 6.66. The molecule has 0 amide bonds. The van der Waals surface area contributed by atoms with Gasteiger partial charge < -0.3 is 9.30 Å². The number of ether oxygens (including phenoxy) is 1. The molecule has 0 aliphatic rings. The summed E-state index contributed by atoms with van der Waals surface area (Å²) in [6, 6.07) is 14.5. The van der Waals surface area contributed by atoms with Gasteiger partial charge in [-0.3, -0.25) is 0 Å². The number of imidazole rings is 1. The molecule has 0 fully saturated rings. The highest BCUT2D eigenvalue weighted by molar-refractivity contribution is 5.77. The number of fused-ring (bicyclic) bond motifs is 1. The molecule has 3 nitrogen and oxygen atoms in total. The lowest BCUT2D eigenvalue weighted by molar-refractivity contribution is 0.483. The molecule has 0 bridgehead atoms. The maximum atomic E-state index is 6.01. The van der Waals surface area contributed by atoms with E-state index in [1.165, 1.54) is 50.5 Å². The van der Waals surface area contributed by atoms with Crippen LogP contribution < -0.4 is 4.74 Å².